The number of fused-ring (bicyclic) bond motifs is 2. The molecule has 4 amide bonds. The van der Waals surface area contributed by atoms with E-state index in [0.29, 0.717) is 30.4 Å². The minimum absolute atomic E-state index is 0.0612. The Morgan fingerprint density at radius 1 is 0.893 bits per heavy atom. The fourth-order valence-electron chi connectivity index (χ4n) is 7.32. The molecule has 2 saturated heterocycles. The number of piperidine rings is 1. The van der Waals surface area contributed by atoms with Crippen molar-refractivity contribution in [2.75, 3.05) is 60.5 Å². The van der Waals surface area contributed by atoms with E-state index < -0.39 is 39.7 Å². The van der Waals surface area contributed by atoms with Gasteiger partial charge >= 0.3 is 0 Å². The molecule has 0 spiro atoms. The van der Waals surface area contributed by atoms with Gasteiger partial charge in [-0.3, -0.25) is 39.0 Å². The maximum atomic E-state index is 13.3. The Kier molecular flexibility index (Phi) is 9.86. The number of nitrogens with zero attached hydrogens (tertiary/aromatic N) is 6. The van der Waals surface area contributed by atoms with Crippen LogP contribution in [0, 0.1) is 0 Å². The summed E-state index contributed by atoms with van der Waals surface area (Å²) in [5.41, 5.74) is 5.14. The Morgan fingerprint density at radius 2 is 1.68 bits per heavy atom. The molecule has 1 atom stereocenters. The van der Waals surface area contributed by atoms with Crippen LogP contribution < -0.4 is 25.0 Å². The lowest BCUT2D eigenvalue weighted by atomic mass is 10.0. The molecular formula is C39H39N9O7S. The average molecular weight is 778 g/mol. The molecule has 0 aliphatic carbocycles. The van der Waals surface area contributed by atoms with Crippen LogP contribution in [0.15, 0.2) is 85.1 Å². The number of piperazine rings is 1. The summed E-state index contributed by atoms with van der Waals surface area (Å²) in [7, 11) is -3.41. The number of ether oxygens (including phenoxy) is 1. The van der Waals surface area contributed by atoms with Crippen molar-refractivity contribution in [3.8, 4) is 17.0 Å². The number of hydrogen-bond acceptors (Lipinski definition) is 12. The summed E-state index contributed by atoms with van der Waals surface area (Å²) in [4.78, 5) is 60.6. The minimum atomic E-state index is -3.41. The molecule has 16 nitrogen and oxygen atoms in total. The van der Waals surface area contributed by atoms with Gasteiger partial charge < -0.3 is 15.0 Å². The van der Waals surface area contributed by atoms with Gasteiger partial charge in [0.25, 0.3) is 11.8 Å². The summed E-state index contributed by atoms with van der Waals surface area (Å²) < 4.78 is 33.8. The maximum Gasteiger partial charge on any atom is 0.266 e. The quantitative estimate of drug-likeness (QED) is 0.124. The highest BCUT2D eigenvalue weighted by Gasteiger charge is 2.46. The van der Waals surface area contributed by atoms with E-state index in [-0.39, 0.29) is 24.0 Å². The summed E-state index contributed by atoms with van der Waals surface area (Å²) in [5.74, 6) is -1.47. The third kappa shape index (κ3) is 7.63. The van der Waals surface area contributed by atoms with Crippen LogP contribution in [0.4, 0.5) is 23.0 Å². The molecule has 1 unspecified atom stereocenters. The Morgan fingerprint density at radius 3 is 2.45 bits per heavy atom. The van der Waals surface area contributed by atoms with Crippen LogP contribution in [-0.4, -0.2) is 108 Å². The van der Waals surface area contributed by atoms with Crippen LogP contribution >= 0.6 is 0 Å². The largest absolute Gasteiger partial charge is 0.493 e. The van der Waals surface area contributed by atoms with Gasteiger partial charge in [-0.25, -0.2) is 17.9 Å². The smallest absolute Gasteiger partial charge is 0.266 e. The molecule has 2 fully saturated rings. The predicted molar refractivity (Wildman–Crippen MR) is 208 cm³/mol. The first-order valence-corrected chi connectivity index (χ1v) is 20.1. The van der Waals surface area contributed by atoms with Crippen LogP contribution in [-0.2, 0) is 19.6 Å². The van der Waals surface area contributed by atoms with Gasteiger partial charge in [0, 0.05) is 61.8 Å². The normalized spacial score (nSPS) is 17.6. The first-order valence-electron chi connectivity index (χ1n) is 18.3. The third-order valence-electron chi connectivity index (χ3n) is 10.0. The summed E-state index contributed by atoms with van der Waals surface area (Å²) in [6.45, 7) is 4.60. The second-order valence-electron chi connectivity index (χ2n) is 13.9. The average Bonchev–Trinajstić information content (AvgIpc) is 3.71. The summed E-state index contributed by atoms with van der Waals surface area (Å²) in [6.07, 6.45) is 3.72. The number of sulfonamides is 1. The van der Waals surface area contributed by atoms with Gasteiger partial charge in [0.2, 0.25) is 27.8 Å². The number of imide groups is 2. The molecule has 288 valence electrons. The number of hydrogen-bond donors (Lipinski definition) is 3. The number of carbonyl (C=O) groups is 4. The molecule has 3 aromatic carbocycles. The van der Waals surface area contributed by atoms with Crippen molar-refractivity contribution in [3.63, 3.8) is 0 Å². The van der Waals surface area contributed by atoms with E-state index in [4.69, 9.17) is 9.84 Å². The maximum absolute atomic E-state index is 13.3. The van der Waals surface area contributed by atoms with Crippen LogP contribution in [0.1, 0.15) is 40.0 Å². The SMILES string of the molecule is CS(=O)(=O)Nc1cccc(-c2ccc3cnc(Nc4ccc(N5CCN(CCCOc6cccc7c6C(=O)N(C6CCC(=O)NC6=O)C7=O)CC5)cc4)nn23)c1. The zero-order valence-corrected chi connectivity index (χ0v) is 31.3. The molecular weight excluding hydrogens is 739 g/mol. The topological polar surface area (TPSA) is 188 Å². The number of amides is 4. The molecule has 3 aliphatic heterocycles. The van der Waals surface area contributed by atoms with E-state index in [2.05, 4.69) is 42.3 Å². The van der Waals surface area contributed by atoms with E-state index in [1.807, 2.05) is 30.3 Å². The third-order valence-corrected chi connectivity index (χ3v) is 10.6. The summed E-state index contributed by atoms with van der Waals surface area (Å²) in [6, 6.07) is 22.9. The zero-order chi connectivity index (χ0) is 39.0. The molecule has 17 heteroatoms. The van der Waals surface area contributed by atoms with E-state index in [1.54, 1.807) is 47.1 Å². The molecule has 5 heterocycles. The van der Waals surface area contributed by atoms with Gasteiger partial charge in [0.1, 0.15) is 11.8 Å². The number of nitrogens with one attached hydrogen (secondary N) is 3. The number of carbonyl (C=O) groups excluding carboxylic acids is 4. The fourth-order valence-corrected chi connectivity index (χ4v) is 7.88. The van der Waals surface area contributed by atoms with Crippen molar-refractivity contribution in [3.05, 3.63) is 96.2 Å². The number of rotatable bonds is 12. The summed E-state index contributed by atoms with van der Waals surface area (Å²) >= 11 is 0. The minimum Gasteiger partial charge on any atom is -0.493 e. The second-order valence-corrected chi connectivity index (χ2v) is 15.7. The Labute approximate surface area is 322 Å². The highest BCUT2D eigenvalue weighted by Crippen LogP contribution is 2.34. The van der Waals surface area contributed by atoms with Crippen LogP contribution in [0.2, 0.25) is 0 Å². The lowest BCUT2D eigenvalue weighted by molar-refractivity contribution is -0.136. The zero-order valence-electron chi connectivity index (χ0n) is 30.5. The molecule has 56 heavy (non-hydrogen) atoms. The van der Waals surface area contributed by atoms with Gasteiger partial charge in [0.05, 0.1) is 41.4 Å². The highest BCUT2D eigenvalue weighted by atomic mass is 32.2. The van der Waals surface area contributed by atoms with Crippen molar-refractivity contribution in [1.29, 1.82) is 0 Å². The van der Waals surface area contributed by atoms with E-state index in [1.165, 1.54) is 0 Å². The number of benzene rings is 3. The lowest BCUT2D eigenvalue weighted by Crippen LogP contribution is -2.54. The number of anilines is 4. The Bertz CT molecular complexity index is 2460. The van der Waals surface area contributed by atoms with Crippen molar-refractivity contribution in [2.24, 2.45) is 0 Å². The molecule has 3 N–H and O–H groups in total. The predicted octanol–water partition coefficient (Wildman–Crippen LogP) is 3.50. The molecule has 3 aliphatic rings. The number of aromatic nitrogens is 3. The van der Waals surface area contributed by atoms with Crippen molar-refractivity contribution < 1.29 is 32.3 Å². The van der Waals surface area contributed by atoms with Crippen molar-refractivity contribution >= 4 is 62.2 Å². The fraction of sp³-hybridized carbons (Fsp3) is 0.282. The van der Waals surface area contributed by atoms with E-state index in [0.717, 1.165) is 72.0 Å². The summed E-state index contributed by atoms with van der Waals surface area (Å²) in [5, 5.41) is 10.2. The van der Waals surface area contributed by atoms with Gasteiger partial charge in [-0.05, 0) is 73.5 Å². The molecule has 0 saturated carbocycles. The van der Waals surface area contributed by atoms with Gasteiger partial charge in [-0.1, -0.05) is 18.2 Å². The van der Waals surface area contributed by atoms with Crippen LogP contribution in [0.5, 0.6) is 5.75 Å². The molecule has 2 aromatic heterocycles. The lowest BCUT2D eigenvalue weighted by Gasteiger charge is -2.36. The molecule has 5 aromatic rings. The first kappa shape index (κ1) is 36.6. The van der Waals surface area contributed by atoms with Crippen LogP contribution in [0.25, 0.3) is 16.8 Å². The van der Waals surface area contributed by atoms with E-state index >= 15 is 0 Å². The van der Waals surface area contributed by atoms with Gasteiger partial charge in [0.15, 0.2) is 0 Å². The van der Waals surface area contributed by atoms with Crippen LogP contribution in [0.3, 0.4) is 0 Å². The van der Waals surface area contributed by atoms with Gasteiger partial charge in [-0.2, -0.15) is 0 Å². The van der Waals surface area contributed by atoms with Gasteiger partial charge in [-0.15, -0.1) is 5.10 Å². The van der Waals surface area contributed by atoms with Crippen molar-refractivity contribution in [1.82, 2.24) is 29.7 Å². The standard InChI is InChI=1S/C39H39N9O7S/c1-56(53,54)44-27-6-2-5-25(23-27)31-14-13-29-24-40-39(43-48(29)31)41-26-9-11-28(12-10-26)46-20-18-45(19-21-46)17-4-22-55-33-8-3-7-30-35(33)38(52)47(37(30)51)32-15-16-34(49)42-36(32)50/h2-3,5-14,23-24,32,44H,4,15-22H2,1H3,(H,41,43)(H,42,49,50). The first-order chi connectivity index (χ1) is 27.0. The molecule has 0 bridgehead atoms. The van der Waals surface area contributed by atoms with Crippen molar-refractivity contribution in [2.45, 2.75) is 25.3 Å². The monoisotopic (exact) mass is 777 g/mol. The van der Waals surface area contributed by atoms with E-state index in [9.17, 15) is 27.6 Å². The second kappa shape index (κ2) is 15.1. The highest BCUT2D eigenvalue weighted by molar-refractivity contribution is 7.92. The Hall–Kier alpha value is -6.33. The molecule has 8 rings (SSSR count). The molecule has 0 radical (unpaired) electrons. The Balaban J connectivity index is 0.820.